The summed E-state index contributed by atoms with van der Waals surface area (Å²) in [4.78, 5) is 16.6. The molecule has 0 fully saturated rings. The van der Waals surface area contributed by atoms with Crippen LogP contribution in [0.4, 0.5) is 0 Å². The zero-order chi connectivity index (χ0) is 20.9. The maximum absolute atomic E-state index is 13.7. The Labute approximate surface area is 177 Å². The number of likely N-dealkylation sites (N-methyl/N-ethyl adjacent to an activating group) is 1. The van der Waals surface area contributed by atoms with Gasteiger partial charge in [0.15, 0.2) is 0 Å². The number of thiophene rings is 1. The Kier molecular flexibility index (Phi) is 6.88. The van der Waals surface area contributed by atoms with Crippen LogP contribution >= 0.6 is 11.3 Å². The largest absolute Gasteiger partial charge is 0.386 e. The molecule has 0 saturated carbocycles. The molecule has 1 aromatic heterocycles. The third-order valence-corrected chi connectivity index (χ3v) is 6.50. The van der Waals surface area contributed by atoms with Gasteiger partial charge in [0.25, 0.3) is 0 Å². The number of hydrogen-bond donors (Lipinski definition) is 1. The van der Waals surface area contributed by atoms with Crippen LogP contribution in [-0.4, -0.2) is 29.0 Å². The first kappa shape index (κ1) is 21.3. The molecule has 0 saturated heterocycles. The molecule has 3 atom stereocenters. The minimum absolute atomic E-state index is 0.0530. The average Bonchev–Trinajstić information content (AvgIpc) is 3.25. The molecule has 0 unspecified atom stereocenters. The zero-order valence-corrected chi connectivity index (χ0v) is 18.1. The molecule has 3 aromatic rings. The lowest BCUT2D eigenvalue weighted by Gasteiger charge is -2.37. The molecule has 152 valence electrons. The maximum Gasteiger partial charge on any atom is 0.229 e. The van der Waals surface area contributed by atoms with Crippen molar-refractivity contribution in [3.8, 4) is 0 Å². The van der Waals surface area contributed by atoms with E-state index in [0.29, 0.717) is 12.8 Å². The van der Waals surface area contributed by atoms with Gasteiger partial charge in [0, 0.05) is 11.9 Å². The molecule has 1 amide bonds. The van der Waals surface area contributed by atoms with E-state index in [2.05, 4.69) is 18.2 Å². The van der Waals surface area contributed by atoms with Gasteiger partial charge >= 0.3 is 0 Å². The van der Waals surface area contributed by atoms with Crippen LogP contribution in [0.2, 0.25) is 0 Å². The van der Waals surface area contributed by atoms with E-state index >= 15 is 0 Å². The summed E-state index contributed by atoms with van der Waals surface area (Å²) in [5.41, 5.74) is 1.37. The SMILES string of the molecule is C[C@@H]([C@@H](O)c1ccccc1)N(C)C(=O)[C@@](C)(Cc1ccccc1)Cc1cccs1. The Bertz CT molecular complexity index is 895. The third-order valence-electron chi connectivity index (χ3n) is 5.63. The summed E-state index contributed by atoms with van der Waals surface area (Å²) < 4.78 is 0. The lowest BCUT2D eigenvalue weighted by atomic mass is 9.78. The lowest BCUT2D eigenvalue weighted by molar-refractivity contribution is -0.144. The van der Waals surface area contributed by atoms with Gasteiger partial charge in [-0.2, -0.15) is 0 Å². The Hall–Kier alpha value is -2.43. The number of benzene rings is 2. The molecule has 3 nitrogen and oxygen atoms in total. The summed E-state index contributed by atoms with van der Waals surface area (Å²) in [5.74, 6) is 0.0530. The van der Waals surface area contributed by atoms with Gasteiger partial charge in [-0.25, -0.2) is 0 Å². The van der Waals surface area contributed by atoms with Crippen LogP contribution in [0, 0.1) is 5.41 Å². The van der Waals surface area contributed by atoms with Crippen molar-refractivity contribution in [1.82, 2.24) is 4.90 Å². The van der Waals surface area contributed by atoms with Crippen LogP contribution < -0.4 is 0 Å². The molecule has 2 aromatic carbocycles. The van der Waals surface area contributed by atoms with E-state index in [9.17, 15) is 9.90 Å². The van der Waals surface area contributed by atoms with Crippen molar-refractivity contribution in [1.29, 1.82) is 0 Å². The molecule has 1 N–H and O–H groups in total. The fraction of sp³-hybridized carbons (Fsp3) is 0.320. The van der Waals surface area contributed by atoms with Crippen molar-refractivity contribution in [2.45, 2.75) is 38.8 Å². The topological polar surface area (TPSA) is 40.5 Å². The predicted octanol–water partition coefficient (Wildman–Crippen LogP) is 5.12. The van der Waals surface area contributed by atoms with Crippen LogP contribution in [0.3, 0.4) is 0 Å². The Morgan fingerprint density at radius 1 is 1.00 bits per heavy atom. The fourth-order valence-electron chi connectivity index (χ4n) is 3.81. The number of carbonyl (C=O) groups is 1. The fourth-order valence-corrected chi connectivity index (χ4v) is 4.70. The standard InChI is InChI=1S/C25H29NO2S/c1-19(23(27)21-13-8-5-9-14-21)26(3)24(28)25(2,18-22-15-10-16-29-22)17-20-11-6-4-7-12-20/h4-16,19,23,27H,17-18H2,1-3H3/t19-,23+,25-/m0/s1. The normalized spacial score (nSPS) is 15.3. The Balaban J connectivity index is 1.84. The highest BCUT2D eigenvalue weighted by Crippen LogP contribution is 2.33. The molecule has 4 heteroatoms. The molecule has 3 rings (SSSR count). The minimum atomic E-state index is -0.729. The smallest absolute Gasteiger partial charge is 0.229 e. The number of hydrogen-bond acceptors (Lipinski definition) is 3. The van der Waals surface area contributed by atoms with E-state index in [4.69, 9.17) is 0 Å². The lowest BCUT2D eigenvalue weighted by Crippen LogP contribution is -2.48. The molecule has 0 aliphatic rings. The molecule has 1 heterocycles. The quantitative estimate of drug-likeness (QED) is 0.563. The Morgan fingerprint density at radius 3 is 2.21 bits per heavy atom. The molecule has 0 aliphatic carbocycles. The monoisotopic (exact) mass is 407 g/mol. The number of nitrogens with zero attached hydrogens (tertiary/aromatic N) is 1. The first-order chi connectivity index (χ1) is 13.9. The summed E-state index contributed by atoms with van der Waals surface area (Å²) in [7, 11) is 1.80. The second kappa shape index (κ2) is 9.38. The van der Waals surface area contributed by atoms with Crippen molar-refractivity contribution >= 4 is 17.2 Å². The van der Waals surface area contributed by atoms with Crippen molar-refractivity contribution in [2.24, 2.45) is 5.41 Å². The number of carbonyl (C=O) groups excluding carboxylic acids is 1. The van der Waals surface area contributed by atoms with Crippen LogP contribution in [0.15, 0.2) is 78.2 Å². The van der Waals surface area contributed by atoms with E-state index in [0.717, 1.165) is 11.1 Å². The van der Waals surface area contributed by atoms with Crippen LogP contribution in [0.25, 0.3) is 0 Å². The second-order valence-corrected chi connectivity index (χ2v) is 9.02. The van der Waals surface area contributed by atoms with Gasteiger partial charge in [-0.1, -0.05) is 73.7 Å². The maximum atomic E-state index is 13.7. The molecule has 0 aliphatic heterocycles. The highest BCUT2D eigenvalue weighted by molar-refractivity contribution is 7.09. The van der Waals surface area contributed by atoms with Gasteiger partial charge in [0.05, 0.1) is 17.6 Å². The number of amides is 1. The molecular formula is C25H29NO2S. The summed E-state index contributed by atoms with van der Waals surface area (Å²) in [6.07, 6.45) is 0.604. The highest BCUT2D eigenvalue weighted by atomic mass is 32.1. The van der Waals surface area contributed by atoms with E-state index in [1.807, 2.05) is 73.8 Å². The van der Waals surface area contributed by atoms with Crippen molar-refractivity contribution < 1.29 is 9.90 Å². The summed E-state index contributed by atoms with van der Waals surface area (Å²) >= 11 is 1.68. The Morgan fingerprint density at radius 2 is 1.62 bits per heavy atom. The van der Waals surface area contributed by atoms with Crippen molar-refractivity contribution in [3.05, 3.63) is 94.2 Å². The van der Waals surface area contributed by atoms with E-state index in [1.165, 1.54) is 4.88 Å². The first-order valence-corrected chi connectivity index (χ1v) is 10.9. The predicted molar refractivity (Wildman–Crippen MR) is 120 cm³/mol. The van der Waals surface area contributed by atoms with Crippen molar-refractivity contribution in [3.63, 3.8) is 0 Å². The van der Waals surface area contributed by atoms with Crippen LogP contribution in [0.5, 0.6) is 0 Å². The molecule has 0 bridgehead atoms. The molecule has 0 radical (unpaired) electrons. The molecular weight excluding hydrogens is 378 g/mol. The second-order valence-electron chi connectivity index (χ2n) is 7.99. The summed E-state index contributed by atoms with van der Waals surface area (Å²) in [6, 6.07) is 23.5. The van der Waals surface area contributed by atoms with Crippen LogP contribution in [0.1, 0.15) is 36.0 Å². The van der Waals surface area contributed by atoms with Gasteiger partial charge in [-0.3, -0.25) is 4.79 Å². The van der Waals surface area contributed by atoms with E-state index < -0.39 is 11.5 Å². The number of aliphatic hydroxyl groups is 1. The average molecular weight is 408 g/mol. The minimum Gasteiger partial charge on any atom is -0.386 e. The van der Waals surface area contributed by atoms with Gasteiger partial charge in [0.2, 0.25) is 5.91 Å². The van der Waals surface area contributed by atoms with Gasteiger partial charge < -0.3 is 10.0 Å². The van der Waals surface area contributed by atoms with Gasteiger partial charge in [-0.15, -0.1) is 11.3 Å². The highest BCUT2D eigenvalue weighted by Gasteiger charge is 2.38. The van der Waals surface area contributed by atoms with E-state index in [-0.39, 0.29) is 11.9 Å². The first-order valence-electron chi connectivity index (χ1n) is 9.97. The summed E-state index contributed by atoms with van der Waals surface area (Å²) in [6.45, 7) is 3.95. The number of rotatable bonds is 8. The zero-order valence-electron chi connectivity index (χ0n) is 17.3. The summed E-state index contributed by atoms with van der Waals surface area (Å²) in [5, 5.41) is 12.9. The third kappa shape index (κ3) is 5.14. The molecule has 29 heavy (non-hydrogen) atoms. The molecule has 0 spiro atoms. The van der Waals surface area contributed by atoms with E-state index in [1.54, 1.807) is 23.3 Å². The van der Waals surface area contributed by atoms with Gasteiger partial charge in [-0.05, 0) is 42.3 Å². The van der Waals surface area contributed by atoms with Crippen molar-refractivity contribution in [2.75, 3.05) is 7.05 Å². The van der Waals surface area contributed by atoms with Crippen LogP contribution in [-0.2, 0) is 17.6 Å². The number of aliphatic hydroxyl groups excluding tert-OH is 1. The van der Waals surface area contributed by atoms with Gasteiger partial charge in [0.1, 0.15) is 0 Å².